The van der Waals surface area contributed by atoms with Crippen LogP contribution in [0.15, 0.2) is 12.1 Å². The maximum absolute atomic E-state index is 12.9. The maximum Gasteiger partial charge on any atom is 0.412 e. The summed E-state index contributed by atoms with van der Waals surface area (Å²) in [6.07, 6.45) is 0.899. The number of carbonyl (C=O) groups excluding carboxylic acids is 4. The first-order valence-electron chi connectivity index (χ1n) is 11.8. The molecule has 35 heavy (non-hydrogen) atoms. The second kappa shape index (κ2) is 13.4. The van der Waals surface area contributed by atoms with Gasteiger partial charge < -0.3 is 19.9 Å². The summed E-state index contributed by atoms with van der Waals surface area (Å²) in [5.41, 5.74) is 1.75. The lowest BCUT2D eigenvalue weighted by Gasteiger charge is -2.32. The molecule has 1 aromatic rings. The molecule has 0 saturated heterocycles. The Bertz CT molecular complexity index is 886. The molecular formula is C27H43NO7. The molecule has 0 aliphatic carbocycles. The van der Waals surface area contributed by atoms with Crippen molar-refractivity contribution in [1.82, 2.24) is 5.32 Å². The number of carbonyl (C=O) groups is 2. The first kappa shape index (κ1) is 32.3. The lowest BCUT2D eigenvalue weighted by atomic mass is 9.78. The normalized spacial score (nSPS) is 12.5. The molecule has 198 valence electrons. The van der Waals surface area contributed by atoms with Gasteiger partial charge in [0.25, 0.3) is 0 Å². The number of hydrogen-bond donors (Lipinski definition) is 2. The predicted molar refractivity (Wildman–Crippen MR) is 133 cm³/mol. The number of rotatable bonds is 8. The van der Waals surface area contributed by atoms with Crippen LogP contribution >= 0.6 is 0 Å². The number of aliphatic hydroxyl groups excluding tert-OH is 1. The van der Waals surface area contributed by atoms with Crippen LogP contribution in [0.3, 0.4) is 0 Å². The first-order chi connectivity index (χ1) is 15.9. The van der Waals surface area contributed by atoms with E-state index in [1.165, 1.54) is 0 Å². The van der Waals surface area contributed by atoms with E-state index in [0.29, 0.717) is 18.6 Å². The van der Waals surface area contributed by atoms with E-state index >= 15 is 0 Å². The monoisotopic (exact) mass is 493 g/mol. The third kappa shape index (κ3) is 12.0. The number of nitrogens with one attached hydrogen (secondary N) is 1. The van der Waals surface area contributed by atoms with Crippen LogP contribution in [-0.2, 0) is 24.5 Å². The van der Waals surface area contributed by atoms with Crippen LogP contribution in [0.1, 0.15) is 91.3 Å². The highest BCUT2D eigenvalue weighted by atomic mass is 16.6. The Morgan fingerprint density at radius 1 is 1.03 bits per heavy atom. The molecule has 0 spiro atoms. The Kier molecular flexibility index (Phi) is 12.4. The Morgan fingerprint density at radius 2 is 1.57 bits per heavy atom. The molecule has 1 aromatic carbocycles. The minimum Gasteiger partial charge on any atom is -0.460 e. The predicted octanol–water partition coefficient (Wildman–Crippen LogP) is 5.00. The van der Waals surface area contributed by atoms with Crippen LogP contribution < -0.4 is 10.1 Å². The summed E-state index contributed by atoms with van der Waals surface area (Å²) < 4.78 is 11.2. The Labute approximate surface area is 209 Å². The van der Waals surface area contributed by atoms with Gasteiger partial charge in [-0.05, 0) is 75.5 Å². The molecule has 0 radical (unpaired) electrons. The maximum atomic E-state index is 12.9. The van der Waals surface area contributed by atoms with Crippen molar-refractivity contribution in [3.8, 4) is 5.75 Å². The van der Waals surface area contributed by atoms with E-state index in [9.17, 15) is 14.7 Å². The Balaban J connectivity index is 0.00000365. The number of amides is 1. The smallest absolute Gasteiger partial charge is 0.412 e. The fourth-order valence-electron chi connectivity index (χ4n) is 3.93. The highest BCUT2D eigenvalue weighted by molar-refractivity contribution is 5.73. The summed E-state index contributed by atoms with van der Waals surface area (Å²) in [7, 11) is 0. The summed E-state index contributed by atoms with van der Waals surface area (Å²) in [5, 5.41) is 12.5. The van der Waals surface area contributed by atoms with Gasteiger partial charge in [0, 0.05) is 24.6 Å². The zero-order valence-corrected chi connectivity index (χ0v) is 23.0. The van der Waals surface area contributed by atoms with Crippen molar-refractivity contribution in [3.05, 3.63) is 28.8 Å². The highest BCUT2D eigenvalue weighted by Gasteiger charge is 2.31. The Hall–Kier alpha value is -2.70. The van der Waals surface area contributed by atoms with Gasteiger partial charge in [-0.1, -0.05) is 40.7 Å². The molecule has 8 nitrogen and oxygen atoms in total. The van der Waals surface area contributed by atoms with E-state index in [2.05, 4.69) is 11.4 Å². The molecule has 2 N–H and O–H groups in total. The zero-order chi connectivity index (χ0) is 27.6. The SMILES string of the molecule is Cc1cc(C)c(C(C)(C)CCO)c(OC(=O)N[C@@H](CCC(=O)OC(C)(C)C)C(C)(C)C)c1.O=C=O. The molecule has 8 heteroatoms. The van der Waals surface area contributed by atoms with Gasteiger partial charge in [0.15, 0.2) is 0 Å². The third-order valence-corrected chi connectivity index (χ3v) is 5.45. The van der Waals surface area contributed by atoms with Gasteiger partial charge in [-0.3, -0.25) is 4.79 Å². The Morgan fingerprint density at radius 3 is 2.03 bits per heavy atom. The molecule has 1 rings (SSSR count). The zero-order valence-electron chi connectivity index (χ0n) is 23.0. The molecule has 0 bridgehead atoms. The van der Waals surface area contributed by atoms with Crippen molar-refractivity contribution in [1.29, 1.82) is 0 Å². The fraction of sp³-hybridized carbons (Fsp3) is 0.667. The summed E-state index contributed by atoms with van der Waals surface area (Å²) in [6.45, 7) is 19.6. The number of esters is 1. The molecule has 0 unspecified atom stereocenters. The average molecular weight is 494 g/mol. The van der Waals surface area contributed by atoms with E-state index in [1.54, 1.807) is 0 Å². The number of ether oxygens (including phenoxy) is 2. The molecule has 0 heterocycles. The number of benzene rings is 1. The van der Waals surface area contributed by atoms with E-state index in [-0.39, 0.29) is 42.0 Å². The number of aliphatic hydroxyl groups is 1. The van der Waals surface area contributed by atoms with Crippen LogP contribution in [-0.4, -0.2) is 41.6 Å². The van der Waals surface area contributed by atoms with Crippen LogP contribution in [0.4, 0.5) is 4.79 Å². The van der Waals surface area contributed by atoms with Gasteiger partial charge in [-0.25, -0.2) is 4.79 Å². The van der Waals surface area contributed by atoms with Crippen molar-refractivity contribution < 1.29 is 33.8 Å². The van der Waals surface area contributed by atoms with Crippen LogP contribution in [0.5, 0.6) is 5.75 Å². The molecule has 0 saturated carbocycles. The van der Waals surface area contributed by atoms with Crippen LogP contribution in [0.2, 0.25) is 0 Å². The molecular weight excluding hydrogens is 450 g/mol. The molecule has 0 fully saturated rings. The van der Waals surface area contributed by atoms with Crippen molar-refractivity contribution in [2.45, 2.75) is 106 Å². The summed E-state index contributed by atoms with van der Waals surface area (Å²) in [6, 6.07) is 3.63. The molecule has 1 atom stereocenters. The summed E-state index contributed by atoms with van der Waals surface area (Å²) in [4.78, 5) is 41.3. The van der Waals surface area contributed by atoms with Gasteiger partial charge in [0.2, 0.25) is 0 Å². The topological polar surface area (TPSA) is 119 Å². The first-order valence-corrected chi connectivity index (χ1v) is 11.8. The minimum atomic E-state index is -0.555. The molecule has 1 amide bonds. The second-order valence-corrected chi connectivity index (χ2v) is 11.5. The standard InChI is InChI=1S/C26H43NO5.CO2/c1-17-15-18(2)22(26(9,10)13-14-28)19(16-17)31-23(30)27-20(24(3,4)5)11-12-21(29)32-25(6,7)8;2-1-3/h15-16,20,28H,11-14H2,1-10H3,(H,27,30);/t20-;/m0./s1. The van der Waals surface area contributed by atoms with E-state index < -0.39 is 11.7 Å². The number of hydrogen-bond acceptors (Lipinski definition) is 7. The third-order valence-electron chi connectivity index (χ3n) is 5.45. The van der Waals surface area contributed by atoms with Gasteiger partial charge in [-0.15, -0.1) is 0 Å². The van der Waals surface area contributed by atoms with Crippen LogP contribution in [0, 0.1) is 19.3 Å². The van der Waals surface area contributed by atoms with E-state index in [0.717, 1.165) is 16.7 Å². The van der Waals surface area contributed by atoms with Crippen LogP contribution in [0.25, 0.3) is 0 Å². The van der Waals surface area contributed by atoms with E-state index in [4.69, 9.17) is 19.1 Å². The highest BCUT2D eigenvalue weighted by Crippen LogP contribution is 2.38. The quantitative estimate of drug-likeness (QED) is 0.489. The van der Waals surface area contributed by atoms with Gasteiger partial charge in [0.1, 0.15) is 11.4 Å². The van der Waals surface area contributed by atoms with Crippen molar-refractivity contribution in [3.63, 3.8) is 0 Å². The largest absolute Gasteiger partial charge is 0.460 e. The fourth-order valence-corrected chi connectivity index (χ4v) is 3.93. The molecule has 0 aliphatic heterocycles. The number of aryl methyl sites for hydroxylation is 2. The van der Waals surface area contributed by atoms with E-state index in [1.807, 2.05) is 75.3 Å². The lowest BCUT2D eigenvalue weighted by Crippen LogP contribution is -2.45. The summed E-state index contributed by atoms with van der Waals surface area (Å²) in [5.74, 6) is 0.211. The van der Waals surface area contributed by atoms with Crippen molar-refractivity contribution in [2.75, 3.05) is 6.61 Å². The minimum absolute atomic E-state index is 0.0444. The van der Waals surface area contributed by atoms with Gasteiger partial charge >= 0.3 is 18.2 Å². The van der Waals surface area contributed by atoms with Crippen molar-refractivity contribution in [2.24, 2.45) is 5.41 Å². The van der Waals surface area contributed by atoms with Gasteiger partial charge in [-0.2, -0.15) is 9.59 Å². The molecule has 0 aromatic heterocycles. The lowest BCUT2D eigenvalue weighted by molar-refractivity contribution is -0.191. The summed E-state index contributed by atoms with van der Waals surface area (Å²) >= 11 is 0. The second-order valence-electron chi connectivity index (χ2n) is 11.5. The average Bonchev–Trinajstić information content (AvgIpc) is 2.62. The van der Waals surface area contributed by atoms with Crippen molar-refractivity contribution >= 4 is 18.2 Å². The van der Waals surface area contributed by atoms with Gasteiger partial charge in [0.05, 0.1) is 0 Å². The molecule has 0 aliphatic rings.